The predicted octanol–water partition coefficient (Wildman–Crippen LogP) is 4.43. The van der Waals surface area contributed by atoms with E-state index in [1.165, 1.54) is 0 Å². The summed E-state index contributed by atoms with van der Waals surface area (Å²) in [6, 6.07) is 11.6. The Morgan fingerprint density at radius 3 is 2.67 bits per heavy atom. The SMILES string of the molecule is COCCNCc1cc(Br)c(OCc2cccc(Cl)c2)c(OC)c1. The van der Waals surface area contributed by atoms with Crippen molar-refractivity contribution < 1.29 is 14.2 Å². The van der Waals surface area contributed by atoms with Gasteiger partial charge in [-0.15, -0.1) is 0 Å². The molecule has 0 spiro atoms. The fourth-order valence-corrected chi connectivity index (χ4v) is 3.02. The third-order valence-electron chi connectivity index (χ3n) is 3.37. The molecule has 24 heavy (non-hydrogen) atoms. The molecule has 0 aromatic heterocycles. The molecular formula is C18H21BrClNO3. The highest BCUT2D eigenvalue weighted by Crippen LogP contribution is 2.37. The Labute approximate surface area is 156 Å². The van der Waals surface area contributed by atoms with Gasteiger partial charge < -0.3 is 19.5 Å². The van der Waals surface area contributed by atoms with E-state index in [0.717, 1.165) is 28.7 Å². The maximum Gasteiger partial charge on any atom is 0.175 e. The lowest BCUT2D eigenvalue weighted by Crippen LogP contribution is -2.18. The Morgan fingerprint density at radius 2 is 1.96 bits per heavy atom. The van der Waals surface area contributed by atoms with Gasteiger partial charge in [-0.1, -0.05) is 23.7 Å². The molecule has 0 aliphatic heterocycles. The minimum Gasteiger partial charge on any atom is -0.493 e. The van der Waals surface area contributed by atoms with Gasteiger partial charge in [0.15, 0.2) is 11.5 Å². The van der Waals surface area contributed by atoms with Gasteiger partial charge in [-0.25, -0.2) is 0 Å². The van der Waals surface area contributed by atoms with E-state index in [2.05, 4.69) is 21.2 Å². The smallest absolute Gasteiger partial charge is 0.175 e. The fraction of sp³-hybridized carbons (Fsp3) is 0.333. The molecule has 0 unspecified atom stereocenters. The number of methoxy groups -OCH3 is 2. The quantitative estimate of drug-likeness (QED) is 0.616. The molecule has 0 saturated carbocycles. The summed E-state index contributed by atoms with van der Waals surface area (Å²) in [6.07, 6.45) is 0. The summed E-state index contributed by atoms with van der Waals surface area (Å²) in [4.78, 5) is 0. The minimum atomic E-state index is 0.418. The molecule has 0 aliphatic rings. The highest BCUT2D eigenvalue weighted by molar-refractivity contribution is 9.10. The van der Waals surface area contributed by atoms with E-state index in [0.29, 0.717) is 29.7 Å². The summed E-state index contributed by atoms with van der Waals surface area (Å²) in [5.41, 5.74) is 2.10. The average Bonchev–Trinajstić information content (AvgIpc) is 2.57. The number of hydrogen-bond acceptors (Lipinski definition) is 4. The first-order chi connectivity index (χ1) is 11.6. The molecule has 4 nitrogen and oxygen atoms in total. The first kappa shape index (κ1) is 19.1. The molecule has 0 radical (unpaired) electrons. The van der Waals surface area contributed by atoms with Gasteiger partial charge in [0.2, 0.25) is 0 Å². The lowest BCUT2D eigenvalue weighted by molar-refractivity contribution is 0.199. The summed E-state index contributed by atoms with van der Waals surface area (Å²) >= 11 is 9.57. The van der Waals surface area contributed by atoms with Gasteiger partial charge in [-0.2, -0.15) is 0 Å². The van der Waals surface area contributed by atoms with Gasteiger partial charge in [0, 0.05) is 25.2 Å². The molecule has 0 amide bonds. The molecule has 0 atom stereocenters. The van der Waals surface area contributed by atoms with Crippen molar-refractivity contribution in [2.45, 2.75) is 13.2 Å². The van der Waals surface area contributed by atoms with Crippen LogP contribution in [0.3, 0.4) is 0 Å². The number of benzene rings is 2. The first-order valence-electron chi connectivity index (χ1n) is 7.57. The predicted molar refractivity (Wildman–Crippen MR) is 100 cm³/mol. The van der Waals surface area contributed by atoms with Crippen LogP contribution in [0.15, 0.2) is 40.9 Å². The molecule has 130 valence electrons. The third-order valence-corrected chi connectivity index (χ3v) is 4.20. The van der Waals surface area contributed by atoms with Crippen LogP contribution >= 0.6 is 27.5 Å². The van der Waals surface area contributed by atoms with Crippen molar-refractivity contribution in [1.29, 1.82) is 0 Å². The van der Waals surface area contributed by atoms with E-state index in [9.17, 15) is 0 Å². The zero-order chi connectivity index (χ0) is 17.4. The highest BCUT2D eigenvalue weighted by Gasteiger charge is 2.12. The van der Waals surface area contributed by atoms with Crippen LogP contribution in [0.2, 0.25) is 5.02 Å². The topological polar surface area (TPSA) is 39.7 Å². The largest absolute Gasteiger partial charge is 0.493 e. The zero-order valence-electron chi connectivity index (χ0n) is 13.8. The van der Waals surface area contributed by atoms with Gasteiger partial charge in [0.05, 0.1) is 18.2 Å². The molecule has 2 aromatic rings. The second-order valence-corrected chi connectivity index (χ2v) is 6.49. The number of nitrogens with one attached hydrogen (secondary N) is 1. The Balaban J connectivity index is 2.06. The van der Waals surface area contributed by atoms with E-state index < -0.39 is 0 Å². The highest BCUT2D eigenvalue weighted by atomic mass is 79.9. The van der Waals surface area contributed by atoms with Crippen molar-refractivity contribution in [3.63, 3.8) is 0 Å². The second kappa shape index (κ2) is 9.89. The fourth-order valence-electron chi connectivity index (χ4n) is 2.20. The van der Waals surface area contributed by atoms with Crippen molar-refractivity contribution >= 4 is 27.5 Å². The molecule has 0 bridgehead atoms. The third kappa shape index (κ3) is 5.67. The Kier molecular flexibility index (Phi) is 7.85. The molecule has 2 aromatic carbocycles. The molecule has 6 heteroatoms. The van der Waals surface area contributed by atoms with E-state index >= 15 is 0 Å². The van der Waals surface area contributed by atoms with Crippen molar-refractivity contribution in [3.8, 4) is 11.5 Å². The lowest BCUT2D eigenvalue weighted by Gasteiger charge is -2.15. The lowest BCUT2D eigenvalue weighted by atomic mass is 10.2. The number of rotatable bonds is 9. The van der Waals surface area contributed by atoms with Crippen molar-refractivity contribution in [2.24, 2.45) is 0 Å². The first-order valence-corrected chi connectivity index (χ1v) is 8.74. The minimum absolute atomic E-state index is 0.418. The van der Waals surface area contributed by atoms with Gasteiger partial charge >= 0.3 is 0 Å². The number of halogens is 2. The molecule has 0 saturated heterocycles. The van der Waals surface area contributed by atoms with Crippen LogP contribution in [0, 0.1) is 0 Å². The molecule has 1 N–H and O–H groups in total. The second-order valence-electron chi connectivity index (χ2n) is 5.20. The van der Waals surface area contributed by atoms with Gasteiger partial charge in [0.1, 0.15) is 6.61 Å². The van der Waals surface area contributed by atoms with Crippen LogP contribution in [0.4, 0.5) is 0 Å². The Bertz CT molecular complexity index is 667. The summed E-state index contributed by atoms with van der Waals surface area (Å²) in [5, 5.41) is 4.00. The van der Waals surface area contributed by atoms with Crippen molar-refractivity contribution in [2.75, 3.05) is 27.4 Å². The Hall–Kier alpha value is -1.27. The monoisotopic (exact) mass is 413 g/mol. The standard InChI is InChI=1S/C18H21BrClNO3/c1-22-7-6-21-11-14-9-16(19)18(17(10-14)23-2)24-12-13-4-3-5-15(20)8-13/h3-5,8-10,21H,6-7,11-12H2,1-2H3. The molecular weight excluding hydrogens is 394 g/mol. The zero-order valence-corrected chi connectivity index (χ0v) is 16.1. The van der Waals surface area contributed by atoms with E-state index in [-0.39, 0.29) is 0 Å². The number of hydrogen-bond donors (Lipinski definition) is 1. The van der Waals surface area contributed by atoms with E-state index in [1.807, 2.05) is 36.4 Å². The van der Waals surface area contributed by atoms with Crippen LogP contribution in [0.1, 0.15) is 11.1 Å². The summed E-state index contributed by atoms with van der Waals surface area (Å²) in [7, 11) is 3.32. The molecule has 0 heterocycles. The molecule has 0 fully saturated rings. The maximum absolute atomic E-state index is 6.00. The van der Waals surface area contributed by atoms with Gasteiger partial charge in [-0.3, -0.25) is 0 Å². The molecule has 0 aliphatic carbocycles. The summed E-state index contributed by atoms with van der Waals surface area (Å²) in [5.74, 6) is 1.37. The maximum atomic E-state index is 6.00. The van der Waals surface area contributed by atoms with Crippen molar-refractivity contribution in [3.05, 3.63) is 57.0 Å². The Morgan fingerprint density at radius 1 is 1.12 bits per heavy atom. The summed E-state index contributed by atoms with van der Waals surface area (Å²) in [6.45, 7) is 2.62. The van der Waals surface area contributed by atoms with E-state index in [1.54, 1.807) is 14.2 Å². The van der Waals surface area contributed by atoms with Crippen LogP contribution in [0.5, 0.6) is 11.5 Å². The van der Waals surface area contributed by atoms with Crippen molar-refractivity contribution in [1.82, 2.24) is 5.32 Å². The summed E-state index contributed by atoms with van der Waals surface area (Å²) < 4.78 is 17.3. The van der Waals surface area contributed by atoms with Gasteiger partial charge in [0.25, 0.3) is 0 Å². The van der Waals surface area contributed by atoms with Crippen LogP contribution in [-0.4, -0.2) is 27.4 Å². The number of ether oxygens (including phenoxy) is 3. The normalized spacial score (nSPS) is 10.7. The average molecular weight is 415 g/mol. The van der Waals surface area contributed by atoms with E-state index in [4.69, 9.17) is 25.8 Å². The van der Waals surface area contributed by atoms with Gasteiger partial charge in [-0.05, 0) is 51.3 Å². The molecule has 2 rings (SSSR count). The van der Waals surface area contributed by atoms with Crippen LogP contribution in [-0.2, 0) is 17.9 Å². The van der Waals surface area contributed by atoms with Crippen LogP contribution < -0.4 is 14.8 Å². The van der Waals surface area contributed by atoms with Crippen LogP contribution in [0.25, 0.3) is 0 Å².